The normalized spacial score (nSPS) is 12.0. The molecule has 0 unspecified atom stereocenters. The number of nitrogens with one attached hydrogen (secondary N) is 1. The number of hydrogen-bond donors (Lipinski definition) is 1. The molecule has 9 heteroatoms. The molecule has 0 saturated heterocycles. The molecule has 1 N–H and O–H groups in total. The molecule has 0 spiro atoms. The van der Waals surface area contributed by atoms with E-state index in [-0.39, 0.29) is 5.76 Å². The van der Waals surface area contributed by atoms with Crippen molar-refractivity contribution >= 4 is 12.1 Å². The van der Waals surface area contributed by atoms with Gasteiger partial charge < -0.3 is 19.3 Å². The monoisotopic (exact) mass is 407 g/mol. The summed E-state index contributed by atoms with van der Waals surface area (Å²) in [6.07, 6.45) is 4.10. The molecule has 160 valence electrons. The van der Waals surface area contributed by atoms with E-state index in [1.807, 2.05) is 49.6 Å². The first-order valence-corrected chi connectivity index (χ1v) is 9.57. The van der Waals surface area contributed by atoms with E-state index in [1.165, 1.54) is 0 Å². The van der Waals surface area contributed by atoms with Gasteiger partial charge in [0.1, 0.15) is 16.9 Å². The Labute approximate surface area is 170 Å². The van der Waals surface area contributed by atoms with Crippen molar-refractivity contribution in [1.29, 1.82) is 0 Å². The highest BCUT2D eigenvalue weighted by atomic mass is 16.6. The van der Waals surface area contributed by atoms with Crippen LogP contribution in [0.4, 0.5) is 4.79 Å². The lowest BCUT2D eigenvalue weighted by molar-refractivity contribution is -0.753. The molecule has 0 aliphatic heterocycles. The van der Waals surface area contributed by atoms with E-state index in [9.17, 15) is 9.59 Å². The third kappa shape index (κ3) is 7.24. The fourth-order valence-electron chi connectivity index (χ4n) is 2.50. The van der Waals surface area contributed by atoms with Gasteiger partial charge in [0.2, 0.25) is 12.0 Å². The van der Waals surface area contributed by atoms with E-state index >= 15 is 0 Å². The average molecular weight is 407 g/mol. The molecule has 0 aliphatic carbocycles. The molecule has 9 nitrogen and oxygen atoms in total. The summed E-state index contributed by atoms with van der Waals surface area (Å²) in [7, 11) is 1.90. The van der Waals surface area contributed by atoms with Crippen LogP contribution in [0.15, 0.2) is 23.0 Å². The highest BCUT2D eigenvalue weighted by Gasteiger charge is 2.23. The zero-order valence-corrected chi connectivity index (χ0v) is 18.2. The van der Waals surface area contributed by atoms with Crippen LogP contribution in [0.3, 0.4) is 0 Å². The topological polar surface area (TPSA) is 99.5 Å². The standard InChI is InChI=1S/C20H30N4O5/c1-19(2,3)27-17(25)16-11-15(22-29-16)14-12-23(7)24(13-14)10-8-9-21-18(26)28-20(4,5)6/h11-13H,8-10H2,1-7H3/p+1. The highest BCUT2D eigenvalue weighted by Crippen LogP contribution is 2.20. The number of aryl methyl sites for hydroxylation is 2. The summed E-state index contributed by atoms with van der Waals surface area (Å²) in [5.41, 5.74) is 0.243. The van der Waals surface area contributed by atoms with Crippen molar-refractivity contribution in [2.45, 2.75) is 65.7 Å². The van der Waals surface area contributed by atoms with Gasteiger partial charge in [0.05, 0.1) is 18.3 Å². The Hall–Kier alpha value is -2.84. The van der Waals surface area contributed by atoms with Gasteiger partial charge in [0.25, 0.3) is 0 Å². The van der Waals surface area contributed by atoms with Gasteiger partial charge in [-0.15, -0.1) is 4.68 Å². The molecule has 2 rings (SSSR count). The van der Waals surface area contributed by atoms with E-state index in [0.717, 1.165) is 12.0 Å². The van der Waals surface area contributed by atoms with Crippen LogP contribution >= 0.6 is 0 Å². The van der Waals surface area contributed by atoms with Crippen LogP contribution in [0.5, 0.6) is 0 Å². The molecule has 0 bridgehead atoms. The largest absolute Gasteiger partial charge is 0.454 e. The van der Waals surface area contributed by atoms with Crippen molar-refractivity contribution in [1.82, 2.24) is 15.2 Å². The van der Waals surface area contributed by atoms with Crippen LogP contribution in [0.1, 0.15) is 58.5 Å². The minimum Gasteiger partial charge on any atom is -0.454 e. The lowest BCUT2D eigenvalue weighted by Crippen LogP contribution is -2.39. The van der Waals surface area contributed by atoms with Gasteiger partial charge in [-0.25, -0.2) is 9.59 Å². The van der Waals surface area contributed by atoms with Crippen LogP contribution in [-0.4, -0.2) is 39.6 Å². The second-order valence-corrected chi connectivity index (χ2v) is 8.81. The quantitative estimate of drug-likeness (QED) is 0.449. The predicted molar refractivity (Wildman–Crippen MR) is 105 cm³/mol. The lowest BCUT2D eigenvalue weighted by Gasteiger charge is -2.19. The Morgan fingerprint density at radius 1 is 1.17 bits per heavy atom. The second-order valence-electron chi connectivity index (χ2n) is 8.81. The van der Waals surface area contributed by atoms with E-state index in [0.29, 0.717) is 18.8 Å². The maximum atomic E-state index is 12.1. The molecule has 0 aliphatic rings. The molecular weight excluding hydrogens is 376 g/mol. The van der Waals surface area contributed by atoms with Crippen molar-refractivity contribution in [3.05, 3.63) is 24.2 Å². The number of carbonyl (C=O) groups excluding carboxylic acids is 2. The molecular formula is C20H31N4O5+. The third-order valence-electron chi connectivity index (χ3n) is 3.66. The summed E-state index contributed by atoms with van der Waals surface area (Å²) >= 11 is 0. The Kier molecular flexibility index (Phi) is 6.71. The number of amides is 1. The van der Waals surface area contributed by atoms with Crippen molar-refractivity contribution in [3.8, 4) is 11.3 Å². The van der Waals surface area contributed by atoms with Crippen molar-refractivity contribution < 1.29 is 28.3 Å². The number of alkyl carbamates (subject to hydrolysis) is 1. The van der Waals surface area contributed by atoms with Gasteiger partial charge in [-0.05, 0) is 48.0 Å². The van der Waals surface area contributed by atoms with E-state index in [4.69, 9.17) is 14.0 Å². The van der Waals surface area contributed by atoms with Crippen LogP contribution in [0.25, 0.3) is 11.3 Å². The first kappa shape index (κ1) is 22.4. The summed E-state index contributed by atoms with van der Waals surface area (Å²) in [5.74, 6) is -0.486. The molecule has 0 aromatic carbocycles. The molecule has 0 radical (unpaired) electrons. The fourth-order valence-corrected chi connectivity index (χ4v) is 2.50. The number of rotatable bonds is 6. The van der Waals surface area contributed by atoms with Crippen LogP contribution in [-0.2, 0) is 23.1 Å². The second kappa shape index (κ2) is 8.67. The Bertz CT molecular complexity index is 855. The summed E-state index contributed by atoms with van der Waals surface area (Å²) in [6, 6.07) is 1.57. The van der Waals surface area contributed by atoms with Crippen molar-refractivity contribution in [2.24, 2.45) is 7.05 Å². The fraction of sp³-hybridized carbons (Fsp3) is 0.600. The summed E-state index contributed by atoms with van der Waals surface area (Å²) in [5, 5.41) is 6.71. The molecule has 2 heterocycles. The summed E-state index contributed by atoms with van der Waals surface area (Å²) < 4.78 is 19.5. The number of hydrogen-bond acceptors (Lipinski definition) is 6. The van der Waals surface area contributed by atoms with Crippen LogP contribution < -0.4 is 10.00 Å². The summed E-state index contributed by atoms with van der Waals surface area (Å²) in [4.78, 5) is 23.8. The minimum absolute atomic E-state index is 0.0619. The van der Waals surface area contributed by atoms with Crippen molar-refractivity contribution in [2.75, 3.05) is 6.54 Å². The van der Waals surface area contributed by atoms with Gasteiger partial charge in [-0.3, -0.25) is 0 Å². The van der Waals surface area contributed by atoms with Gasteiger partial charge in [0, 0.05) is 12.6 Å². The average Bonchev–Trinajstić information content (AvgIpc) is 3.15. The lowest BCUT2D eigenvalue weighted by atomic mass is 10.2. The Morgan fingerprint density at radius 3 is 2.45 bits per heavy atom. The van der Waals surface area contributed by atoms with E-state index < -0.39 is 23.3 Å². The number of esters is 1. The Balaban J connectivity index is 1.92. The highest BCUT2D eigenvalue weighted by molar-refractivity contribution is 5.87. The maximum absolute atomic E-state index is 12.1. The molecule has 2 aromatic rings. The summed E-state index contributed by atoms with van der Waals surface area (Å²) in [6.45, 7) is 12.0. The minimum atomic E-state index is -0.604. The zero-order chi connectivity index (χ0) is 21.8. The van der Waals surface area contributed by atoms with Crippen molar-refractivity contribution in [3.63, 3.8) is 0 Å². The first-order chi connectivity index (χ1) is 13.3. The van der Waals surface area contributed by atoms with Gasteiger partial charge in [-0.2, -0.15) is 4.68 Å². The van der Waals surface area contributed by atoms with Crippen LogP contribution in [0, 0.1) is 0 Å². The SMILES string of the molecule is C[n+]1cc(-c2cc(C(=O)OC(C)(C)C)on2)cn1CCCNC(=O)OC(C)(C)C. The third-order valence-corrected chi connectivity index (χ3v) is 3.66. The number of aromatic nitrogens is 3. The molecule has 29 heavy (non-hydrogen) atoms. The smallest absolute Gasteiger partial charge is 0.407 e. The first-order valence-electron chi connectivity index (χ1n) is 9.57. The van der Waals surface area contributed by atoms with Gasteiger partial charge >= 0.3 is 12.1 Å². The molecule has 0 fully saturated rings. The van der Waals surface area contributed by atoms with E-state index in [2.05, 4.69) is 10.5 Å². The number of ether oxygens (including phenoxy) is 2. The van der Waals surface area contributed by atoms with Gasteiger partial charge in [0.15, 0.2) is 7.05 Å². The Morgan fingerprint density at radius 2 is 1.83 bits per heavy atom. The molecule has 0 saturated carbocycles. The molecule has 0 atom stereocenters. The molecule has 2 aromatic heterocycles. The predicted octanol–water partition coefficient (Wildman–Crippen LogP) is 2.84. The maximum Gasteiger partial charge on any atom is 0.407 e. The number of carbonyl (C=O) groups is 2. The van der Waals surface area contributed by atoms with Gasteiger partial charge in [-0.1, -0.05) is 5.16 Å². The zero-order valence-electron chi connectivity index (χ0n) is 18.2. The van der Waals surface area contributed by atoms with E-state index in [1.54, 1.807) is 26.8 Å². The number of nitrogens with zero attached hydrogens (tertiary/aromatic N) is 3. The molecule has 1 amide bonds. The van der Waals surface area contributed by atoms with Crippen LogP contribution in [0.2, 0.25) is 0 Å².